The van der Waals surface area contributed by atoms with Gasteiger partial charge in [-0.25, -0.2) is 9.97 Å². The van der Waals surface area contributed by atoms with Gasteiger partial charge in [0.15, 0.2) is 5.65 Å². The zero-order chi connectivity index (χ0) is 15.4. The Kier molecular flexibility index (Phi) is 5.85. The van der Waals surface area contributed by atoms with Crippen LogP contribution in [0.4, 0.5) is 0 Å². The lowest BCUT2D eigenvalue weighted by Crippen LogP contribution is -2.28. The molecule has 21 heavy (non-hydrogen) atoms. The van der Waals surface area contributed by atoms with Crippen molar-refractivity contribution in [2.45, 2.75) is 39.1 Å². The first-order valence-corrected chi connectivity index (χ1v) is 8.26. The van der Waals surface area contributed by atoms with Crippen LogP contribution in [-0.4, -0.2) is 39.1 Å². The highest BCUT2D eigenvalue weighted by molar-refractivity contribution is 6.31. The van der Waals surface area contributed by atoms with Crippen LogP contribution in [0, 0.1) is 0 Å². The number of imidazole rings is 1. The Balaban J connectivity index is 2.30. The van der Waals surface area contributed by atoms with E-state index in [-0.39, 0.29) is 5.38 Å². The van der Waals surface area contributed by atoms with Gasteiger partial charge in [-0.3, -0.25) is 0 Å². The predicted octanol–water partition coefficient (Wildman–Crippen LogP) is 4.12. The van der Waals surface area contributed by atoms with Gasteiger partial charge >= 0.3 is 0 Å². The average Bonchev–Trinajstić information content (AvgIpc) is 2.81. The molecule has 0 aliphatic rings. The zero-order valence-electron chi connectivity index (χ0n) is 12.8. The molecule has 0 radical (unpaired) electrons. The minimum Gasteiger partial charge on any atom is -0.310 e. The molecule has 2 heterocycles. The van der Waals surface area contributed by atoms with E-state index in [1.54, 1.807) is 6.20 Å². The predicted molar refractivity (Wildman–Crippen MR) is 89.2 cm³/mol. The summed E-state index contributed by atoms with van der Waals surface area (Å²) >= 11 is 12.3. The van der Waals surface area contributed by atoms with Gasteiger partial charge < -0.3 is 9.47 Å². The largest absolute Gasteiger partial charge is 0.310 e. The second kappa shape index (κ2) is 7.43. The number of rotatable bonds is 7. The Morgan fingerprint density at radius 2 is 2.10 bits per heavy atom. The Labute approximate surface area is 136 Å². The highest BCUT2D eigenvalue weighted by Gasteiger charge is 2.16. The molecule has 0 aliphatic carbocycles. The van der Waals surface area contributed by atoms with E-state index < -0.39 is 0 Å². The van der Waals surface area contributed by atoms with Crippen LogP contribution in [-0.2, 0) is 6.54 Å². The van der Waals surface area contributed by atoms with Gasteiger partial charge in [-0.05, 0) is 32.5 Å². The minimum atomic E-state index is -0.153. The molecule has 6 heteroatoms. The Morgan fingerprint density at radius 3 is 2.71 bits per heavy atom. The van der Waals surface area contributed by atoms with Crippen LogP contribution in [0.25, 0.3) is 11.2 Å². The smallest absolute Gasteiger partial charge is 0.160 e. The first-order chi connectivity index (χ1) is 10.1. The van der Waals surface area contributed by atoms with Crippen LogP contribution < -0.4 is 0 Å². The number of likely N-dealkylation sites (N-methyl/N-ethyl adjacent to an activating group) is 1. The molecule has 1 atom stereocenters. The van der Waals surface area contributed by atoms with Crippen LogP contribution >= 0.6 is 23.2 Å². The Bertz CT molecular complexity index is 595. The summed E-state index contributed by atoms with van der Waals surface area (Å²) in [5.74, 6) is 0.856. The van der Waals surface area contributed by atoms with E-state index in [2.05, 4.69) is 33.3 Å². The van der Waals surface area contributed by atoms with Crippen LogP contribution in [0.2, 0.25) is 5.02 Å². The van der Waals surface area contributed by atoms with E-state index in [0.717, 1.165) is 49.6 Å². The molecule has 0 saturated carbocycles. The van der Waals surface area contributed by atoms with Crippen LogP contribution in [0.15, 0.2) is 12.3 Å². The summed E-state index contributed by atoms with van der Waals surface area (Å²) in [5.41, 5.74) is 1.66. The van der Waals surface area contributed by atoms with Gasteiger partial charge in [0.2, 0.25) is 0 Å². The SMILES string of the molecule is CCCN(CC)CCn1c(C(C)Cl)nc2cc(Cl)cnc21. The van der Waals surface area contributed by atoms with E-state index in [9.17, 15) is 0 Å². The van der Waals surface area contributed by atoms with Crippen molar-refractivity contribution < 1.29 is 0 Å². The van der Waals surface area contributed by atoms with Gasteiger partial charge in [0.05, 0.1) is 10.4 Å². The first-order valence-electron chi connectivity index (χ1n) is 7.44. The third-order valence-corrected chi connectivity index (χ3v) is 3.97. The molecule has 2 aromatic rings. The molecular weight excluding hydrogens is 307 g/mol. The topological polar surface area (TPSA) is 34.0 Å². The molecule has 2 aromatic heterocycles. The third kappa shape index (κ3) is 3.87. The van der Waals surface area contributed by atoms with E-state index in [1.165, 1.54) is 0 Å². The van der Waals surface area contributed by atoms with Gasteiger partial charge in [0.1, 0.15) is 11.3 Å². The van der Waals surface area contributed by atoms with Crippen molar-refractivity contribution in [1.82, 2.24) is 19.4 Å². The molecule has 0 bridgehead atoms. The van der Waals surface area contributed by atoms with Crippen molar-refractivity contribution in [3.8, 4) is 0 Å². The van der Waals surface area contributed by atoms with Crippen molar-refractivity contribution in [3.05, 3.63) is 23.1 Å². The molecular formula is C15H22Cl2N4. The summed E-state index contributed by atoms with van der Waals surface area (Å²) in [4.78, 5) is 11.4. The number of hydrogen-bond donors (Lipinski definition) is 0. The van der Waals surface area contributed by atoms with Gasteiger partial charge in [-0.15, -0.1) is 11.6 Å². The molecule has 0 fully saturated rings. The summed E-state index contributed by atoms with van der Waals surface area (Å²) in [6.45, 7) is 10.3. The molecule has 4 nitrogen and oxygen atoms in total. The average molecular weight is 329 g/mol. The Hall–Kier alpha value is -0.840. The molecule has 0 aromatic carbocycles. The van der Waals surface area contributed by atoms with E-state index in [4.69, 9.17) is 23.2 Å². The van der Waals surface area contributed by atoms with E-state index in [1.807, 2.05) is 13.0 Å². The molecule has 0 N–H and O–H groups in total. The number of aromatic nitrogens is 3. The normalized spacial score (nSPS) is 13.2. The van der Waals surface area contributed by atoms with Crippen molar-refractivity contribution >= 4 is 34.4 Å². The quantitative estimate of drug-likeness (QED) is 0.717. The molecule has 0 aliphatic heterocycles. The summed E-state index contributed by atoms with van der Waals surface area (Å²) in [6.07, 6.45) is 2.82. The fourth-order valence-electron chi connectivity index (χ4n) is 2.51. The number of fused-ring (bicyclic) bond motifs is 1. The summed E-state index contributed by atoms with van der Waals surface area (Å²) in [7, 11) is 0. The number of alkyl halides is 1. The molecule has 0 saturated heterocycles. The fourth-order valence-corrected chi connectivity index (χ4v) is 2.83. The van der Waals surface area contributed by atoms with Crippen molar-refractivity contribution in [3.63, 3.8) is 0 Å². The summed E-state index contributed by atoms with van der Waals surface area (Å²) in [6, 6.07) is 1.84. The Morgan fingerprint density at radius 1 is 1.33 bits per heavy atom. The lowest BCUT2D eigenvalue weighted by atomic mass is 10.3. The standard InChI is InChI=1S/C15H22Cl2N4/c1-4-6-20(5-2)7-8-21-14(11(3)16)19-13-9-12(17)10-18-15(13)21/h9-11H,4-8H2,1-3H3. The van der Waals surface area contributed by atoms with Crippen molar-refractivity contribution in [2.75, 3.05) is 19.6 Å². The van der Waals surface area contributed by atoms with E-state index in [0.29, 0.717) is 5.02 Å². The third-order valence-electron chi connectivity index (χ3n) is 3.56. The first kappa shape index (κ1) is 16.5. The molecule has 0 spiro atoms. The van der Waals surface area contributed by atoms with Gasteiger partial charge in [0, 0.05) is 19.3 Å². The number of hydrogen-bond acceptors (Lipinski definition) is 3. The summed E-state index contributed by atoms with van der Waals surface area (Å²) < 4.78 is 2.11. The van der Waals surface area contributed by atoms with Gasteiger partial charge in [0.25, 0.3) is 0 Å². The lowest BCUT2D eigenvalue weighted by molar-refractivity contribution is 0.276. The lowest BCUT2D eigenvalue weighted by Gasteiger charge is -2.20. The maximum absolute atomic E-state index is 6.27. The van der Waals surface area contributed by atoms with E-state index >= 15 is 0 Å². The summed E-state index contributed by atoms with van der Waals surface area (Å²) in [5, 5.41) is 0.446. The van der Waals surface area contributed by atoms with Crippen molar-refractivity contribution in [1.29, 1.82) is 0 Å². The highest BCUT2D eigenvalue weighted by Crippen LogP contribution is 2.25. The van der Waals surface area contributed by atoms with Crippen LogP contribution in [0.1, 0.15) is 38.4 Å². The zero-order valence-corrected chi connectivity index (χ0v) is 14.3. The molecule has 1 unspecified atom stereocenters. The maximum Gasteiger partial charge on any atom is 0.160 e. The molecule has 0 amide bonds. The van der Waals surface area contributed by atoms with Gasteiger partial charge in [-0.2, -0.15) is 0 Å². The monoisotopic (exact) mass is 328 g/mol. The molecule has 116 valence electrons. The van der Waals surface area contributed by atoms with Crippen molar-refractivity contribution in [2.24, 2.45) is 0 Å². The second-order valence-corrected chi connectivity index (χ2v) is 6.26. The minimum absolute atomic E-state index is 0.153. The number of nitrogens with zero attached hydrogens (tertiary/aromatic N) is 4. The fraction of sp³-hybridized carbons (Fsp3) is 0.600. The van der Waals surface area contributed by atoms with Gasteiger partial charge in [-0.1, -0.05) is 25.4 Å². The maximum atomic E-state index is 6.27. The van der Waals surface area contributed by atoms with Crippen LogP contribution in [0.5, 0.6) is 0 Å². The molecule has 2 rings (SSSR count). The highest BCUT2D eigenvalue weighted by atomic mass is 35.5. The number of halogens is 2. The second-order valence-electron chi connectivity index (χ2n) is 5.17. The number of pyridine rings is 1. The van der Waals surface area contributed by atoms with Crippen LogP contribution in [0.3, 0.4) is 0 Å².